The van der Waals surface area contributed by atoms with Gasteiger partial charge in [0.05, 0.1) is 10.0 Å². The Labute approximate surface area is 364 Å². The molecule has 3 atom stereocenters. The van der Waals surface area contributed by atoms with Gasteiger partial charge in [0, 0.05) is 36.8 Å². The summed E-state index contributed by atoms with van der Waals surface area (Å²) < 4.78 is 18.7. The average Bonchev–Trinajstić information content (AvgIpc) is 3.26. The fourth-order valence-electron chi connectivity index (χ4n) is 7.76. The molecular weight excluding hydrogens is 813 g/mol. The number of ether oxygens (including phenoxy) is 3. The van der Waals surface area contributed by atoms with Crippen molar-refractivity contribution in [3.05, 3.63) is 176 Å². The van der Waals surface area contributed by atoms with Crippen molar-refractivity contribution in [1.82, 2.24) is 15.2 Å². The highest BCUT2D eigenvalue weighted by atomic mass is 35.5. The van der Waals surface area contributed by atoms with Crippen LogP contribution in [0.2, 0.25) is 10.0 Å². The summed E-state index contributed by atoms with van der Waals surface area (Å²) in [5.41, 5.74) is 9.49. The SMILES string of the molecule is Cc1cccc(C(=O)N2Cc3cc4c(cc3C[C@H]2C(=O)NC(Cc2ccc(-c3ccnc(C)c3C)cc2)C(=O)O)OC[C@H](c2ccc(OCc3ccc(Cl)c(Cl)c3)cc2)O4)c1. The molecule has 8 rings (SSSR count). The van der Waals surface area contributed by atoms with Gasteiger partial charge in [0.1, 0.15) is 31.0 Å². The number of carbonyl (C=O) groups is 3. The van der Waals surface area contributed by atoms with Gasteiger partial charge in [-0.3, -0.25) is 14.6 Å². The van der Waals surface area contributed by atoms with Gasteiger partial charge in [0.2, 0.25) is 5.91 Å². The largest absolute Gasteiger partial charge is 0.489 e. The lowest BCUT2D eigenvalue weighted by molar-refractivity contribution is -0.142. The molecule has 0 bridgehead atoms. The van der Waals surface area contributed by atoms with Crippen molar-refractivity contribution in [3.8, 4) is 28.4 Å². The number of halogens is 2. The molecule has 2 N–H and O–H groups in total. The monoisotopic (exact) mass is 855 g/mol. The van der Waals surface area contributed by atoms with E-state index in [1.165, 1.54) is 4.90 Å². The maximum absolute atomic E-state index is 14.2. The third-order valence-electron chi connectivity index (χ3n) is 11.3. The number of aliphatic carboxylic acids is 1. The second kappa shape index (κ2) is 17.7. The van der Waals surface area contributed by atoms with E-state index >= 15 is 0 Å². The van der Waals surface area contributed by atoms with Crippen molar-refractivity contribution in [3.63, 3.8) is 0 Å². The first-order valence-corrected chi connectivity index (χ1v) is 20.7. The van der Waals surface area contributed by atoms with Gasteiger partial charge in [-0.1, -0.05) is 83.4 Å². The van der Waals surface area contributed by atoms with Crippen molar-refractivity contribution in [2.45, 2.75) is 65.0 Å². The van der Waals surface area contributed by atoms with Gasteiger partial charge in [-0.2, -0.15) is 0 Å². The van der Waals surface area contributed by atoms with Crippen LogP contribution in [-0.2, 0) is 35.6 Å². The summed E-state index contributed by atoms with van der Waals surface area (Å²) in [5.74, 6) is -0.352. The van der Waals surface area contributed by atoms with Crippen LogP contribution in [0.15, 0.2) is 115 Å². The van der Waals surface area contributed by atoms with Crippen LogP contribution in [0, 0.1) is 20.8 Å². The molecule has 10 nitrogen and oxygen atoms in total. The second-order valence-electron chi connectivity index (χ2n) is 15.5. The lowest BCUT2D eigenvalue weighted by atomic mass is 9.91. The highest BCUT2D eigenvalue weighted by Crippen LogP contribution is 2.41. The molecular formula is C49H43Cl2N3O7. The molecule has 310 valence electrons. The van der Waals surface area contributed by atoms with Gasteiger partial charge in [-0.05, 0) is 120 Å². The topological polar surface area (TPSA) is 127 Å². The molecule has 0 spiro atoms. The number of rotatable bonds is 11. The molecule has 0 aliphatic carbocycles. The van der Waals surface area contributed by atoms with E-state index in [0.717, 1.165) is 55.8 Å². The lowest BCUT2D eigenvalue weighted by Gasteiger charge is -2.37. The summed E-state index contributed by atoms with van der Waals surface area (Å²) in [6, 6.07) is 31.3. The Kier molecular flexibility index (Phi) is 12.0. The molecule has 0 saturated carbocycles. The van der Waals surface area contributed by atoms with E-state index in [1.807, 2.05) is 99.6 Å². The maximum Gasteiger partial charge on any atom is 0.326 e. The van der Waals surface area contributed by atoms with Crippen LogP contribution in [0.25, 0.3) is 11.1 Å². The van der Waals surface area contributed by atoms with Crippen LogP contribution < -0.4 is 19.5 Å². The van der Waals surface area contributed by atoms with Gasteiger partial charge >= 0.3 is 5.97 Å². The molecule has 12 heteroatoms. The minimum atomic E-state index is -1.24. The number of nitrogens with zero attached hydrogens (tertiary/aromatic N) is 2. The number of hydrogen-bond acceptors (Lipinski definition) is 7. The van der Waals surface area contributed by atoms with Gasteiger partial charge in [0.25, 0.3) is 5.91 Å². The minimum absolute atomic E-state index is 0.0547. The average molecular weight is 857 g/mol. The molecule has 1 unspecified atom stereocenters. The fourth-order valence-corrected chi connectivity index (χ4v) is 8.08. The number of amides is 2. The van der Waals surface area contributed by atoms with Crippen LogP contribution in [0.3, 0.4) is 0 Å². The zero-order chi connectivity index (χ0) is 42.8. The van der Waals surface area contributed by atoms with Gasteiger partial charge in [0.15, 0.2) is 17.6 Å². The van der Waals surface area contributed by atoms with Gasteiger partial charge in [-0.25, -0.2) is 4.79 Å². The first-order valence-electron chi connectivity index (χ1n) is 19.9. The van der Waals surface area contributed by atoms with Gasteiger partial charge in [-0.15, -0.1) is 0 Å². The predicted molar refractivity (Wildman–Crippen MR) is 234 cm³/mol. The summed E-state index contributed by atoms with van der Waals surface area (Å²) in [4.78, 5) is 47.0. The van der Waals surface area contributed by atoms with E-state index in [2.05, 4.69) is 10.3 Å². The Morgan fingerprint density at radius 3 is 2.36 bits per heavy atom. The van der Waals surface area contributed by atoms with Crippen LogP contribution in [0.5, 0.6) is 17.2 Å². The maximum atomic E-state index is 14.2. The zero-order valence-electron chi connectivity index (χ0n) is 33.8. The van der Waals surface area contributed by atoms with Crippen molar-refractivity contribution >= 4 is 41.0 Å². The molecule has 1 aromatic heterocycles. The normalized spacial score (nSPS) is 16.0. The summed E-state index contributed by atoms with van der Waals surface area (Å²) in [6.45, 7) is 6.55. The van der Waals surface area contributed by atoms with Crippen molar-refractivity contribution in [1.29, 1.82) is 0 Å². The highest BCUT2D eigenvalue weighted by Gasteiger charge is 2.38. The Hall–Kier alpha value is -6.36. The summed E-state index contributed by atoms with van der Waals surface area (Å²) in [6.07, 6.45) is 1.56. The second-order valence-corrected chi connectivity index (χ2v) is 16.3. The van der Waals surface area contributed by atoms with E-state index in [-0.39, 0.29) is 31.9 Å². The molecule has 2 amide bonds. The van der Waals surface area contributed by atoms with E-state index in [4.69, 9.17) is 37.4 Å². The Balaban J connectivity index is 0.991. The highest BCUT2D eigenvalue weighted by molar-refractivity contribution is 6.42. The number of carbonyl (C=O) groups excluding carboxylic acids is 2. The number of carboxylic acid groups (broad SMARTS) is 1. The third-order valence-corrected chi connectivity index (χ3v) is 12.0. The fraction of sp³-hybridized carbons (Fsp3) is 0.224. The standard InChI is InChI=1S/C49H43Cl2N3O7/c1-28-5-4-6-35(19-28)48(56)54-25-37-24-45-44(60-27-46(61-45)34-12-14-38(15-13-34)59-26-32-9-16-40(50)41(51)20-32)23-36(37)22-43(54)47(55)53-42(49(57)58)21-31-7-10-33(11-8-31)39-17-18-52-30(3)29(39)2/h4-20,23-24,42-43,46H,21-22,25-27H2,1-3H3,(H,53,55)(H,57,58)/t42?,43-,46+/m0/s1. The number of benzene rings is 5. The molecule has 0 fully saturated rings. The predicted octanol–water partition coefficient (Wildman–Crippen LogP) is 9.45. The number of carboxylic acids is 1. The number of nitrogens with one attached hydrogen (secondary N) is 1. The van der Waals surface area contributed by atoms with E-state index in [9.17, 15) is 19.5 Å². The summed E-state index contributed by atoms with van der Waals surface area (Å²) in [5, 5.41) is 14.0. The molecule has 0 saturated heterocycles. The van der Waals surface area contributed by atoms with Crippen molar-refractivity contribution in [2.24, 2.45) is 0 Å². The molecule has 6 aromatic rings. The van der Waals surface area contributed by atoms with E-state index < -0.39 is 30.1 Å². The number of pyridine rings is 1. The quantitative estimate of drug-likeness (QED) is 0.132. The minimum Gasteiger partial charge on any atom is -0.489 e. The summed E-state index contributed by atoms with van der Waals surface area (Å²) in [7, 11) is 0. The Bertz CT molecular complexity index is 2630. The van der Waals surface area contributed by atoms with Crippen molar-refractivity contribution < 1.29 is 33.7 Å². The number of aryl methyl sites for hydroxylation is 2. The van der Waals surface area contributed by atoms with E-state index in [1.54, 1.807) is 36.5 Å². The third kappa shape index (κ3) is 9.21. The Morgan fingerprint density at radius 2 is 1.62 bits per heavy atom. The van der Waals surface area contributed by atoms with Crippen molar-refractivity contribution in [2.75, 3.05) is 6.61 Å². The first-order chi connectivity index (χ1) is 29.4. The molecule has 0 radical (unpaired) electrons. The first kappa shape index (κ1) is 41.4. The van der Waals surface area contributed by atoms with Crippen LogP contribution in [0.4, 0.5) is 0 Å². The number of aromatic nitrogens is 1. The van der Waals surface area contributed by atoms with Crippen LogP contribution in [-0.4, -0.2) is 51.5 Å². The summed E-state index contributed by atoms with van der Waals surface area (Å²) >= 11 is 12.2. The van der Waals surface area contributed by atoms with Crippen LogP contribution in [0.1, 0.15) is 61.1 Å². The Morgan fingerprint density at radius 1 is 0.869 bits per heavy atom. The number of fused-ring (bicyclic) bond motifs is 2. The zero-order valence-corrected chi connectivity index (χ0v) is 35.3. The smallest absolute Gasteiger partial charge is 0.326 e. The molecule has 5 aromatic carbocycles. The number of hydrogen-bond donors (Lipinski definition) is 2. The molecule has 3 heterocycles. The van der Waals surface area contributed by atoms with Gasteiger partial charge < -0.3 is 29.5 Å². The molecule has 2 aliphatic rings. The lowest BCUT2D eigenvalue weighted by Crippen LogP contribution is -2.56. The molecule has 61 heavy (non-hydrogen) atoms. The molecule has 2 aliphatic heterocycles. The van der Waals surface area contributed by atoms with E-state index in [0.29, 0.717) is 39.5 Å². The van der Waals surface area contributed by atoms with Crippen LogP contribution >= 0.6 is 23.2 Å².